The van der Waals surface area contributed by atoms with Crippen molar-refractivity contribution in [2.24, 2.45) is 5.89 Å². The summed E-state index contributed by atoms with van der Waals surface area (Å²) in [4.78, 5) is 32.2. The highest BCUT2D eigenvalue weighted by molar-refractivity contribution is 5.82. The molecule has 1 aliphatic carbocycles. The lowest BCUT2D eigenvalue weighted by molar-refractivity contribution is -0.144. The molecule has 1 aromatic rings. The molecular weight excluding hydrogens is 432 g/mol. The van der Waals surface area contributed by atoms with Crippen LogP contribution in [-0.2, 0) is 32.1 Å². The Kier molecular flexibility index (Phi) is 4.51. The predicted octanol–water partition coefficient (Wildman–Crippen LogP) is 3.31. The number of nitrogens with zero attached hydrogens (tertiary/aromatic N) is 4. The number of anilines is 1. The van der Waals surface area contributed by atoms with E-state index in [2.05, 4.69) is 10.8 Å². The van der Waals surface area contributed by atoms with E-state index >= 15 is 0 Å². The zero-order chi connectivity index (χ0) is 31.5. The van der Waals surface area contributed by atoms with Gasteiger partial charge in [-0.1, -0.05) is 13.7 Å². The Bertz CT molecular complexity index is 1290. The van der Waals surface area contributed by atoms with Gasteiger partial charge in [-0.15, -0.1) is 0 Å². The van der Waals surface area contributed by atoms with Gasteiger partial charge < -0.3 is 19.3 Å². The minimum atomic E-state index is -3.52. The summed E-state index contributed by atoms with van der Waals surface area (Å²) in [5, 5.41) is 10.3. The fourth-order valence-corrected chi connectivity index (χ4v) is 4.64. The third kappa shape index (κ3) is 4.90. The molecule has 1 atom stereocenters. The molecule has 0 unspecified atom stereocenters. The molecule has 1 saturated carbocycles. The average Bonchev–Trinajstić information content (AvgIpc) is 3.73. The number of ether oxygens (including phenoxy) is 2. The highest BCUT2D eigenvalue weighted by Gasteiger charge is 2.39. The van der Waals surface area contributed by atoms with Gasteiger partial charge >= 0.3 is 5.97 Å². The van der Waals surface area contributed by atoms with Crippen molar-refractivity contribution in [1.29, 1.82) is 5.26 Å². The molecule has 8 nitrogen and oxygen atoms in total. The third-order valence-corrected chi connectivity index (χ3v) is 6.63. The van der Waals surface area contributed by atoms with Gasteiger partial charge in [0.05, 0.1) is 44.4 Å². The Balaban J connectivity index is 1.86. The van der Waals surface area contributed by atoms with Crippen LogP contribution < -0.4 is 4.90 Å². The van der Waals surface area contributed by atoms with Crippen molar-refractivity contribution in [2.45, 2.75) is 83.8 Å². The van der Waals surface area contributed by atoms with Crippen LogP contribution in [0.15, 0.2) is 0 Å². The lowest BCUT2D eigenvalue weighted by atomic mass is 9.87. The molecule has 34 heavy (non-hydrogen) atoms. The number of amides is 1. The van der Waals surface area contributed by atoms with Crippen molar-refractivity contribution in [2.75, 3.05) is 31.6 Å². The van der Waals surface area contributed by atoms with E-state index in [4.69, 9.17) is 19.3 Å². The molecule has 0 aromatic carbocycles. The lowest BCUT2D eigenvalue weighted by Crippen LogP contribution is -2.57. The number of methoxy groups -OCH3 is 1. The van der Waals surface area contributed by atoms with Crippen molar-refractivity contribution in [3.05, 3.63) is 22.4 Å². The van der Waals surface area contributed by atoms with Crippen LogP contribution in [0.1, 0.15) is 92.5 Å². The number of rotatable bonds is 6. The number of piperazine rings is 1. The maximum absolute atomic E-state index is 13.4. The van der Waals surface area contributed by atoms with Gasteiger partial charge in [0, 0.05) is 53.6 Å². The van der Waals surface area contributed by atoms with Gasteiger partial charge in [-0.05, 0) is 38.1 Å². The van der Waals surface area contributed by atoms with Crippen molar-refractivity contribution in [3.8, 4) is 6.07 Å². The lowest BCUT2D eigenvalue weighted by Gasteiger charge is -2.44. The molecule has 0 spiro atoms. The minimum absolute atomic E-state index is 0.00681. The van der Waals surface area contributed by atoms with Crippen LogP contribution in [0.25, 0.3) is 0 Å². The summed E-state index contributed by atoms with van der Waals surface area (Å²) >= 11 is 0. The number of nitriles is 1. The summed E-state index contributed by atoms with van der Waals surface area (Å²) in [5.74, 6) is -4.69. The summed E-state index contributed by atoms with van der Waals surface area (Å²) in [6.07, 6.45) is 1.36. The van der Waals surface area contributed by atoms with Gasteiger partial charge in [-0.3, -0.25) is 9.59 Å². The highest BCUT2D eigenvalue weighted by atomic mass is 16.5. The third-order valence-electron chi connectivity index (χ3n) is 6.63. The standard InChI is InChI=1S/C26H36N4O4/c1-16(2)21-14-29(10-11-30(21)22(31)8-9-23(32)33-5)25-19(13-27)18-12-26(3,4)34-15-20(18)24(28-25)17-6-7-17/h16-17,21H,6-12,14-15H2,1-5H3/t21-/m0/s1/i1D3,2D3,16D,21D. The first-order chi connectivity index (χ1) is 19.3. The summed E-state index contributed by atoms with van der Waals surface area (Å²) in [5.41, 5.74) is 1.99. The summed E-state index contributed by atoms with van der Waals surface area (Å²) in [6.45, 7) is -4.00. The smallest absolute Gasteiger partial charge is 0.306 e. The Hall–Kier alpha value is -2.66. The number of fused-ring (bicyclic) bond motifs is 1. The number of hydrogen-bond acceptors (Lipinski definition) is 7. The Morgan fingerprint density at radius 1 is 1.35 bits per heavy atom. The second kappa shape index (κ2) is 9.53. The van der Waals surface area contributed by atoms with Gasteiger partial charge in [-0.25, -0.2) is 4.98 Å². The number of carbonyl (C=O) groups is 2. The number of pyridine rings is 1. The molecule has 184 valence electrons. The first kappa shape index (κ1) is 16.1. The van der Waals surface area contributed by atoms with E-state index in [1.807, 2.05) is 13.8 Å². The summed E-state index contributed by atoms with van der Waals surface area (Å²) in [6, 6.07) is -0.623. The second-order valence-corrected chi connectivity index (χ2v) is 9.63. The first-order valence-electron chi connectivity index (χ1n) is 15.5. The van der Waals surface area contributed by atoms with E-state index in [1.54, 1.807) is 0 Å². The molecule has 0 bridgehead atoms. The van der Waals surface area contributed by atoms with Gasteiger partial charge in [0.1, 0.15) is 11.9 Å². The predicted molar refractivity (Wildman–Crippen MR) is 127 cm³/mol. The molecule has 4 rings (SSSR count). The van der Waals surface area contributed by atoms with Gasteiger partial charge in [0.2, 0.25) is 5.91 Å². The fraction of sp³-hybridized carbons (Fsp3) is 0.692. The zero-order valence-corrected chi connectivity index (χ0v) is 19.9. The molecule has 1 amide bonds. The monoisotopic (exact) mass is 476 g/mol. The van der Waals surface area contributed by atoms with E-state index in [-0.39, 0.29) is 43.4 Å². The molecule has 0 radical (unpaired) electrons. The van der Waals surface area contributed by atoms with Gasteiger partial charge in [-0.2, -0.15) is 5.26 Å². The van der Waals surface area contributed by atoms with E-state index < -0.39 is 56.1 Å². The fourth-order valence-electron chi connectivity index (χ4n) is 4.64. The first-order valence-corrected chi connectivity index (χ1v) is 11.5. The number of carbonyl (C=O) groups excluding carboxylic acids is 2. The van der Waals surface area contributed by atoms with Crippen LogP contribution in [0.4, 0.5) is 5.82 Å². The maximum atomic E-state index is 13.4. The molecule has 1 aromatic heterocycles. The summed E-state index contributed by atoms with van der Waals surface area (Å²) < 4.78 is 77.6. The minimum Gasteiger partial charge on any atom is -0.469 e. The van der Waals surface area contributed by atoms with Crippen LogP contribution in [0.3, 0.4) is 0 Å². The molecule has 8 heteroatoms. The molecule has 2 aliphatic heterocycles. The van der Waals surface area contributed by atoms with Crippen molar-refractivity contribution >= 4 is 17.7 Å². The van der Waals surface area contributed by atoms with Crippen molar-refractivity contribution in [1.82, 2.24) is 9.88 Å². The number of hydrogen-bond donors (Lipinski definition) is 0. The van der Waals surface area contributed by atoms with Gasteiger partial charge in [0.15, 0.2) is 0 Å². The topological polar surface area (TPSA) is 95.8 Å². The normalized spacial score (nSPS) is 28.4. The quantitative estimate of drug-likeness (QED) is 0.581. The number of esters is 1. The van der Waals surface area contributed by atoms with Crippen LogP contribution in [0.2, 0.25) is 0 Å². The van der Waals surface area contributed by atoms with Crippen LogP contribution >= 0.6 is 0 Å². The van der Waals surface area contributed by atoms with Crippen LogP contribution in [0, 0.1) is 17.2 Å². The molecule has 3 heterocycles. The highest BCUT2D eigenvalue weighted by Crippen LogP contribution is 2.46. The molecule has 2 fully saturated rings. The number of aromatic nitrogens is 1. The average molecular weight is 477 g/mol. The Morgan fingerprint density at radius 3 is 2.76 bits per heavy atom. The summed E-state index contributed by atoms with van der Waals surface area (Å²) in [7, 11) is 1.14. The molecule has 3 aliphatic rings. The van der Waals surface area contributed by atoms with E-state index in [0.29, 0.717) is 6.42 Å². The molecular formula is C26H36N4O4. The zero-order valence-electron chi connectivity index (χ0n) is 27.9. The SMILES string of the molecule is [2H]C([2H])([2H])C([2H])(C([2H])([2H])[2H])[C@]1([2H])CN(c2nc(C3CC3)c3c(c2C#N)CC(C)(C)OC3)CCN1C(=O)CCC(=O)OC. The second-order valence-electron chi connectivity index (χ2n) is 9.63. The Labute approximate surface area is 213 Å². The van der Waals surface area contributed by atoms with Crippen molar-refractivity contribution in [3.63, 3.8) is 0 Å². The van der Waals surface area contributed by atoms with Gasteiger partial charge in [0.25, 0.3) is 0 Å². The molecule has 1 saturated heterocycles. The van der Waals surface area contributed by atoms with Crippen LogP contribution in [-0.4, -0.2) is 60.1 Å². The van der Waals surface area contributed by atoms with Crippen LogP contribution in [0.5, 0.6) is 0 Å². The largest absolute Gasteiger partial charge is 0.469 e. The van der Waals surface area contributed by atoms with E-state index in [0.717, 1.165) is 41.7 Å². The maximum Gasteiger partial charge on any atom is 0.306 e. The Morgan fingerprint density at radius 2 is 2.12 bits per heavy atom. The van der Waals surface area contributed by atoms with E-state index in [1.165, 1.54) is 4.90 Å². The van der Waals surface area contributed by atoms with E-state index in [9.17, 15) is 16.2 Å². The molecule has 0 N–H and O–H groups in total. The van der Waals surface area contributed by atoms with Crippen molar-refractivity contribution < 1.29 is 30.0 Å².